The molecule has 0 bridgehead atoms. The average Bonchev–Trinajstić information content (AvgIpc) is 3.31. The van der Waals surface area contributed by atoms with Gasteiger partial charge in [-0.3, -0.25) is 4.79 Å². The highest BCUT2D eigenvalue weighted by molar-refractivity contribution is 7.98. The highest BCUT2D eigenvalue weighted by Crippen LogP contribution is 2.23. The largest absolute Gasteiger partial charge is 0.455 e. The van der Waals surface area contributed by atoms with Crippen LogP contribution in [0.25, 0.3) is 0 Å². The third-order valence-electron chi connectivity index (χ3n) is 4.26. The minimum Gasteiger partial charge on any atom is -0.455 e. The summed E-state index contributed by atoms with van der Waals surface area (Å²) in [5, 5.41) is 3.79. The molecule has 0 spiro atoms. The standard InChI is InChI=1S/C20H24N4O2S/c1-4-24(5-2)16-8-6-15(7-9-16)22-19(25)18-11-10-17(26-18)14-27-20-21-12-13-23(20)3/h6-13H,4-5,14H2,1-3H3,(H,22,25). The van der Waals surface area contributed by atoms with E-state index in [2.05, 4.69) is 29.0 Å². The van der Waals surface area contributed by atoms with Gasteiger partial charge in [-0.25, -0.2) is 4.98 Å². The average molecular weight is 385 g/mol. The van der Waals surface area contributed by atoms with Crippen LogP contribution in [0.4, 0.5) is 11.4 Å². The number of carbonyl (C=O) groups excluding carboxylic acids is 1. The van der Waals surface area contributed by atoms with Crippen LogP contribution in [0.3, 0.4) is 0 Å². The Labute approximate surface area is 163 Å². The van der Waals surface area contributed by atoms with Gasteiger partial charge in [0.2, 0.25) is 0 Å². The van der Waals surface area contributed by atoms with Crippen molar-refractivity contribution in [3.8, 4) is 0 Å². The van der Waals surface area contributed by atoms with Crippen LogP contribution in [0.2, 0.25) is 0 Å². The fourth-order valence-electron chi connectivity index (χ4n) is 2.74. The summed E-state index contributed by atoms with van der Waals surface area (Å²) < 4.78 is 7.62. The second-order valence-corrected chi connectivity index (χ2v) is 6.99. The Morgan fingerprint density at radius 2 is 1.93 bits per heavy atom. The zero-order valence-electron chi connectivity index (χ0n) is 15.8. The molecule has 0 atom stereocenters. The molecular weight excluding hydrogens is 360 g/mol. The van der Waals surface area contributed by atoms with Gasteiger partial charge in [0.05, 0.1) is 5.75 Å². The molecule has 3 aromatic rings. The Balaban J connectivity index is 1.58. The van der Waals surface area contributed by atoms with E-state index in [1.54, 1.807) is 24.0 Å². The normalized spacial score (nSPS) is 10.8. The van der Waals surface area contributed by atoms with Gasteiger partial charge in [0.15, 0.2) is 10.9 Å². The van der Waals surface area contributed by atoms with Crippen molar-refractivity contribution >= 4 is 29.0 Å². The highest BCUT2D eigenvalue weighted by Gasteiger charge is 2.13. The van der Waals surface area contributed by atoms with Crippen molar-refractivity contribution in [3.05, 3.63) is 60.3 Å². The molecule has 0 radical (unpaired) electrons. The molecule has 142 valence electrons. The first-order valence-corrected chi connectivity index (χ1v) is 9.94. The predicted octanol–water partition coefficient (Wildman–Crippen LogP) is 4.40. The number of benzene rings is 1. The van der Waals surface area contributed by atoms with E-state index in [1.165, 1.54) is 0 Å². The van der Waals surface area contributed by atoms with Crippen LogP contribution in [0, 0.1) is 0 Å². The van der Waals surface area contributed by atoms with Gasteiger partial charge in [-0.1, -0.05) is 11.8 Å². The van der Waals surface area contributed by atoms with Crippen LogP contribution < -0.4 is 10.2 Å². The van der Waals surface area contributed by atoms with Crippen molar-refractivity contribution in [3.63, 3.8) is 0 Å². The van der Waals surface area contributed by atoms with Gasteiger partial charge in [0, 0.05) is 43.9 Å². The molecule has 0 saturated carbocycles. The zero-order chi connectivity index (χ0) is 19.2. The van der Waals surface area contributed by atoms with Crippen LogP contribution in [0.5, 0.6) is 0 Å². The maximum Gasteiger partial charge on any atom is 0.291 e. The van der Waals surface area contributed by atoms with E-state index < -0.39 is 0 Å². The molecule has 0 saturated heterocycles. The van der Waals surface area contributed by atoms with Crippen molar-refractivity contribution in [2.24, 2.45) is 7.05 Å². The third kappa shape index (κ3) is 4.74. The summed E-state index contributed by atoms with van der Waals surface area (Å²) in [5.74, 6) is 1.42. The fourth-order valence-corrected chi connectivity index (χ4v) is 3.57. The quantitative estimate of drug-likeness (QED) is 0.583. The molecule has 3 rings (SSSR count). The van der Waals surface area contributed by atoms with E-state index >= 15 is 0 Å². The molecule has 0 unspecified atom stereocenters. The van der Waals surface area contributed by atoms with Gasteiger partial charge in [-0.05, 0) is 50.2 Å². The first-order chi connectivity index (χ1) is 13.1. The van der Waals surface area contributed by atoms with E-state index in [1.807, 2.05) is 48.1 Å². The number of anilines is 2. The monoisotopic (exact) mass is 384 g/mol. The molecule has 0 aliphatic carbocycles. The summed E-state index contributed by atoms with van der Waals surface area (Å²) in [5.41, 5.74) is 1.89. The molecule has 0 aliphatic heterocycles. The van der Waals surface area contributed by atoms with Gasteiger partial charge in [-0.15, -0.1) is 0 Å². The lowest BCUT2D eigenvalue weighted by molar-refractivity contribution is 0.0995. The number of thioether (sulfide) groups is 1. The molecule has 27 heavy (non-hydrogen) atoms. The Morgan fingerprint density at radius 3 is 2.56 bits per heavy atom. The van der Waals surface area contributed by atoms with Gasteiger partial charge >= 0.3 is 0 Å². The number of furan rings is 1. The second-order valence-electron chi connectivity index (χ2n) is 6.05. The van der Waals surface area contributed by atoms with Crippen molar-refractivity contribution in [1.82, 2.24) is 9.55 Å². The summed E-state index contributed by atoms with van der Waals surface area (Å²) in [6.45, 7) is 6.15. The molecule has 1 amide bonds. The molecular formula is C20H24N4O2S. The minimum absolute atomic E-state index is 0.251. The van der Waals surface area contributed by atoms with E-state index in [-0.39, 0.29) is 5.91 Å². The fraction of sp³-hybridized carbons (Fsp3) is 0.300. The number of nitrogens with zero attached hydrogens (tertiary/aromatic N) is 3. The third-order valence-corrected chi connectivity index (χ3v) is 5.34. The number of aromatic nitrogens is 2. The van der Waals surface area contributed by atoms with Crippen molar-refractivity contribution in [2.45, 2.75) is 24.8 Å². The summed E-state index contributed by atoms with van der Waals surface area (Å²) in [7, 11) is 1.95. The highest BCUT2D eigenvalue weighted by atomic mass is 32.2. The van der Waals surface area contributed by atoms with Crippen LogP contribution in [-0.2, 0) is 12.8 Å². The van der Waals surface area contributed by atoms with Crippen LogP contribution in [0.15, 0.2) is 58.4 Å². The molecule has 1 N–H and O–H groups in total. The molecule has 2 heterocycles. The maximum absolute atomic E-state index is 12.4. The lowest BCUT2D eigenvalue weighted by atomic mass is 10.2. The number of hydrogen-bond donors (Lipinski definition) is 1. The summed E-state index contributed by atoms with van der Waals surface area (Å²) >= 11 is 1.57. The molecule has 0 fully saturated rings. The smallest absolute Gasteiger partial charge is 0.291 e. The number of imidazole rings is 1. The van der Waals surface area contributed by atoms with E-state index in [9.17, 15) is 4.79 Å². The number of rotatable bonds is 8. The van der Waals surface area contributed by atoms with E-state index in [4.69, 9.17) is 4.42 Å². The molecule has 1 aromatic carbocycles. The SMILES string of the molecule is CCN(CC)c1ccc(NC(=O)c2ccc(CSc3nccn3C)o2)cc1. The number of carbonyl (C=O) groups is 1. The maximum atomic E-state index is 12.4. The number of amides is 1. The molecule has 2 aromatic heterocycles. The first-order valence-electron chi connectivity index (χ1n) is 8.96. The molecule has 6 nitrogen and oxygen atoms in total. The summed E-state index contributed by atoms with van der Waals surface area (Å²) in [4.78, 5) is 18.9. The molecule has 0 aliphatic rings. The number of hydrogen-bond acceptors (Lipinski definition) is 5. The Hall–Kier alpha value is -2.67. The van der Waals surface area contributed by atoms with Gasteiger partial charge < -0.3 is 19.2 Å². The minimum atomic E-state index is -0.251. The Kier molecular flexibility index (Phi) is 6.24. The summed E-state index contributed by atoms with van der Waals surface area (Å²) in [6, 6.07) is 11.4. The lowest BCUT2D eigenvalue weighted by Gasteiger charge is -2.21. The summed E-state index contributed by atoms with van der Waals surface area (Å²) in [6.07, 6.45) is 3.66. The Bertz CT molecular complexity index is 882. The number of nitrogens with one attached hydrogen (secondary N) is 1. The van der Waals surface area contributed by atoms with E-state index in [0.29, 0.717) is 11.5 Å². The zero-order valence-corrected chi connectivity index (χ0v) is 16.6. The first kappa shape index (κ1) is 19.1. The second kappa shape index (κ2) is 8.81. The van der Waals surface area contributed by atoms with Crippen LogP contribution in [-0.4, -0.2) is 28.5 Å². The van der Waals surface area contributed by atoms with Crippen molar-refractivity contribution in [2.75, 3.05) is 23.3 Å². The number of aryl methyl sites for hydroxylation is 1. The predicted molar refractivity (Wildman–Crippen MR) is 109 cm³/mol. The van der Waals surface area contributed by atoms with Gasteiger partial charge in [-0.2, -0.15) is 0 Å². The van der Waals surface area contributed by atoms with Crippen molar-refractivity contribution < 1.29 is 9.21 Å². The van der Waals surface area contributed by atoms with E-state index in [0.717, 1.165) is 35.4 Å². The topological polar surface area (TPSA) is 63.3 Å². The lowest BCUT2D eigenvalue weighted by Crippen LogP contribution is -2.21. The van der Waals surface area contributed by atoms with Crippen LogP contribution in [0.1, 0.15) is 30.2 Å². The van der Waals surface area contributed by atoms with Crippen LogP contribution >= 0.6 is 11.8 Å². The Morgan fingerprint density at radius 1 is 1.19 bits per heavy atom. The molecule has 7 heteroatoms. The van der Waals surface area contributed by atoms with Gasteiger partial charge in [0.1, 0.15) is 5.76 Å². The van der Waals surface area contributed by atoms with Gasteiger partial charge in [0.25, 0.3) is 5.91 Å². The van der Waals surface area contributed by atoms with Crippen molar-refractivity contribution in [1.29, 1.82) is 0 Å².